The van der Waals surface area contributed by atoms with Gasteiger partial charge in [0.1, 0.15) is 12.3 Å². The van der Waals surface area contributed by atoms with Gasteiger partial charge in [-0.05, 0) is 87.2 Å². The molecule has 190 valence electrons. The summed E-state index contributed by atoms with van der Waals surface area (Å²) in [5, 5.41) is 2.85. The van der Waals surface area contributed by atoms with Crippen molar-refractivity contribution >= 4 is 33.0 Å². The van der Waals surface area contributed by atoms with Crippen molar-refractivity contribution < 1.29 is 17.9 Å². The minimum Gasteiger partial charge on any atom is -0.495 e. The summed E-state index contributed by atoms with van der Waals surface area (Å²) in [7, 11) is -2.56. The highest BCUT2D eigenvalue weighted by Gasteiger charge is 2.29. The van der Waals surface area contributed by atoms with Crippen molar-refractivity contribution in [2.45, 2.75) is 38.0 Å². The number of carbonyl (C=O) groups is 1. The normalized spacial score (nSPS) is 13.8. The van der Waals surface area contributed by atoms with E-state index in [1.165, 1.54) is 26.4 Å². The molecule has 3 aromatic rings. The monoisotopic (exact) mass is 507 g/mol. The number of piperidine rings is 1. The summed E-state index contributed by atoms with van der Waals surface area (Å²) in [4.78, 5) is 15.6. The summed E-state index contributed by atoms with van der Waals surface area (Å²) in [5.41, 5.74) is 3.85. The molecule has 0 aromatic heterocycles. The van der Waals surface area contributed by atoms with Gasteiger partial charge in [-0.15, -0.1) is 0 Å². The predicted molar refractivity (Wildman–Crippen MR) is 145 cm³/mol. The lowest BCUT2D eigenvalue weighted by atomic mass is 10.1. The van der Waals surface area contributed by atoms with Gasteiger partial charge in [0, 0.05) is 24.5 Å². The molecule has 7 nitrogen and oxygen atoms in total. The topological polar surface area (TPSA) is 79.0 Å². The Balaban J connectivity index is 1.60. The molecule has 8 heteroatoms. The van der Waals surface area contributed by atoms with Crippen LogP contribution in [0.4, 0.5) is 17.1 Å². The molecule has 0 saturated carbocycles. The Kier molecular flexibility index (Phi) is 7.84. The maximum absolute atomic E-state index is 13.7. The van der Waals surface area contributed by atoms with Crippen LogP contribution in [0, 0.1) is 13.8 Å². The van der Waals surface area contributed by atoms with Crippen molar-refractivity contribution in [3.8, 4) is 5.75 Å². The van der Waals surface area contributed by atoms with Crippen LogP contribution < -0.4 is 19.3 Å². The molecule has 0 atom stereocenters. The number of nitrogens with zero attached hydrogens (tertiary/aromatic N) is 2. The van der Waals surface area contributed by atoms with Crippen LogP contribution in [0.15, 0.2) is 71.6 Å². The van der Waals surface area contributed by atoms with Crippen LogP contribution in [-0.4, -0.2) is 41.1 Å². The third-order valence-corrected chi connectivity index (χ3v) is 8.15. The number of sulfonamides is 1. The third kappa shape index (κ3) is 5.82. The maximum atomic E-state index is 13.7. The van der Waals surface area contributed by atoms with Crippen LogP contribution in [0.25, 0.3) is 0 Å². The number of rotatable bonds is 8. The summed E-state index contributed by atoms with van der Waals surface area (Å²) < 4.78 is 34.0. The van der Waals surface area contributed by atoms with Gasteiger partial charge in [-0.1, -0.05) is 23.8 Å². The molecule has 0 radical (unpaired) electrons. The van der Waals surface area contributed by atoms with E-state index in [4.69, 9.17) is 4.74 Å². The van der Waals surface area contributed by atoms with E-state index >= 15 is 0 Å². The predicted octanol–water partition coefficient (Wildman–Crippen LogP) is 5.14. The Morgan fingerprint density at radius 3 is 2.19 bits per heavy atom. The molecular weight excluding hydrogens is 474 g/mol. The molecule has 3 aromatic carbocycles. The van der Waals surface area contributed by atoms with Crippen LogP contribution >= 0.6 is 0 Å². The number of ether oxygens (including phenoxy) is 1. The van der Waals surface area contributed by atoms with Crippen molar-refractivity contribution in [2.75, 3.05) is 41.3 Å². The molecule has 0 bridgehead atoms. The van der Waals surface area contributed by atoms with Crippen molar-refractivity contribution in [2.24, 2.45) is 0 Å². The molecule has 1 heterocycles. The van der Waals surface area contributed by atoms with Crippen LogP contribution in [0.5, 0.6) is 5.75 Å². The van der Waals surface area contributed by atoms with Crippen molar-refractivity contribution in [1.29, 1.82) is 0 Å². The smallest absolute Gasteiger partial charge is 0.264 e. The first-order chi connectivity index (χ1) is 17.3. The maximum Gasteiger partial charge on any atom is 0.264 e. The number of hydrogen-bond donors (Lipinski definition) is 1. The summed E-state index contributed by atoms with van der Waals surface area (Å²) in [5.74, 6) is -0.0741. The largest absolute Gasteiger partial charge is 0.495 e. The van der Waals surface area contributed by atoms with E-state index in [1.54, 1.807) is 36.4 Å². The van der Waals surface area contributed by atoms with Crippen molar-refractivity contribution in [1.82, 2.24) is 0 Å². The zero-order chi connectivity index (χ0) is 25.7. The minimum atomic E-state index is -4.04. The van der Waals surface area contributed by atoms with E-state index in [1.807, 2.05) is 44.2 Å². The van der Waals surface area contributed by atoms with Gasteiger partial charge in [-0.2, -0.15) is 0 Å². The van der Waals surface area contributed by atoms with Gasteiger partial charge in [0.2, 0.25) is 5.91 Å². The van der Waals surface area contributed by atoms with Crippen LogP contribution in [0.3, 0.4) is 0 Å². The number of hydrogen-bond acceptors (Lipinski definition) is 5. The summed E-state index contributed by atoms with van der Waals surface area (Å²) in [6.07, 6.45) is 3.64. The van der Waals surface area contributed by atoms with Crippen LogP contribution in [0.2, 0.25) is 0 Å². The Hall–Kier alpha value is -3.52. The van der Waals surface area contributed by atoms with Gasteiger partial charge in [0.15, 0.2) is 0 Å². The van der Waals surface area contributed by atoms with Crippen LogP contribution in [0.1, 0.15) is 30.4 Å². The standard InChI is InChI=1S/C28H33N3O4S/c1-21-7-14-25(15-8-21)36(33,34)31(26-19-22(2)9-16-27(26)35-3)20-28(32)29-23-10-12-24(13-11-23)30-17-5-4-6-18-30/h7-16,19H,4-6,17-18,20H2,1-3H3,(H,29,32). The first-order valence-electron chi connectivity index (χ1n) is 12.2. The van der Waals surface area contributed by atoms with E-state index in [0.717, 1.165) is 34.2 Å². The van der Waals surface area contributed by atoms with Crippen LogP contribution in [-0.2, 0) is 14.8 Å². The lowest BCUT2D eigenvalue weighted by Gasteiger charge is -2.29. The number of nitrogens with one attached hydrogen (secondary N) is 1. The average molecular weight is 508 g/mol. The zero-order valence-electron chi connectivity index (χ0n) is 21.0. The fraction of sp³-hybridized carbons (Fsp3) is 0.321. The second-order valence-electron chi connectivity index (χ2n) is 9.14. The van der Waals surface area contributed by atoms with E-state index < -0.39 is 22.5 Å². The Labute approximate surface area is 213 Å². The zero-order valence-corrected chi connectivity index (χ0v) is 21.8. The van der Waals surface area contributed by atoms with E-state index in [-0.39, 0.29) is 4.90 Å². The van der Waals surface area contributed by atoms with Gasteiger partial charge in [-0.25, -0.2) is 8.42 Å². The highest BCUT2D eigenvalue weighted by molar-refractivity contribution is 7.92. The molecule has 0 spiro atoms. The van der Waals surface area contributed by atoms with Gasteiger partial charge in [-0.3, -0.25) is 9.10 Å². The SMILES string of the molecule is COc1ccc(C)cc1N(CC(=O)Nc1ccc(N2CCCCC2)cc1)S(=O)(=O)c1ccc(C)cc1. The Morgan fingerprint density at radius 2 is 1.56 bits per heavy atom. The van der Waals surface area contributed by atoms with Crippen molar-refractivity contribution in [3.63, 3.8) is 0 Å². The third-order valence-electron chi connectivity index (χ3n) is 6.37. The number of carbonyl (C=O) groups excluding carboxylic acids is 1. The second kappa shape index (κ2) is 11.0. The van der Waals surface area contributed by atoms with E-state index in [2.05, 4.69) is 10.2 Å². The lowest BCUT2D eigenvalue weighted by molar-refractivity contribution is -0.114. The van der Waals surface area contributed by atoms with Gasteiger partial charge in [0.05, 0.1) is 17.7 Å². The number of methoxy groups -OCH3 is 1. The quantitative estimate of drug-likeness (QED) is 0.457. The van der Waals surface area contributed by atoms with Crippen molar-refractivity contribution in [3.05, 3.63) is 77.9 Å². The molecule has 1 saturated heterocycles. The molecule has 1 aliphatic heterocycles. The summed E-state index contributed by atoms with van der Waals surface area (Å²) in [6.45, 7) is 5.43. The molecule has 1 fully saturated rings. The molecule has 0 aliphatic carbocycles. The number of benzene rings is 3. The van der Waals surface area contributed by atoms with Gasteiger partial charge in [0.25, 0.3) is 10.0 Å². The number of aryl methyl sites for hydroxylation is 2. The van der Waals surface area contributed by atoms with Gasteiger partial charge >= 0.3 is 0 Å². The average Bonchev–Trinajstić information content (AvgIpc) is 2.88. The fourth-order valence-corrected chi connectivity index (χ4v) is 5.79. The number of anilines is 3. The first-order valence-corrected chi connectivity index (χ1v) is 13.6. The molecule has 36 heavy (non-hydrogen) atoms. The highest BCUT2D eigenvalue weighted by Crippen LogP contribution is 2.33. The van der Waals surface area contributed by atoms with Gasteiger partial charge < -0.3 is 15.0 Å². The fourth-order valence-electron chi connectivity index (χ4n) is 4.37. The van der Waals surface area contributed by atoms with E-state index in [9.17, 15) is 13.2 Å². The summed E-state index contributed by atoms with van der Waals surface area (Å²) in [6, 6.07) is 19.5. The molecule has 4 rings (SSSR count). The first kappa shape index (κ1) is 25.6. The highest BCUT2D eigenvalue weighted by atomic mass is 32.2. The molecule has 1 amide bonds. The Morgan fingerprint density at radius 1 is 0.917 bits per heavy atom. The second-order valence-corrected chi connectivity index (χ2v) is 11.0. The van der Waals surface area contributed by atoms with E-state index in [0.29, 0.717) is 17.1 Å². The Bertz CT molecular complexity index is 1300. The molecule has 1 aliphatic rings. The lowest BCUT2D eigenvalue weighted by Crippen LogP contribution is -2.38. The minimum absolute atomic E-state index is 0.107. The molecule has 1 N–H and O–H groups in total. The summed E-state index contributed by atoms with van der Waals surface area (Å²) >= 11 is 0. The molecule has 0 unspecified atom stereocenters. The molecular formula is C28H33N3O4S. The number of amides is 1.